The van der Waals surface area contributed by atoms with Gasteiger partial charge in [0.05, 0.1) is 13.0 Å². The van der Waals surface area contributed by atoms with Crippen molar-refractivity contribution in [2.45, 2.75) is 19.4 Å². The van der Waals surface area contributed by atoms with Crippen LogP contribution in [0.15, 0.2) is 42.5 Å². The smallest absolute Gasteiger partial charge is 0.254 e. The maximum Gasteiger partial charge on any atom is 0.254 e. The highest BCUT2D eigenvalue weighted by molar-refractivity contribution is 6.30. The molecule has 1 heterocycles. The number of carbonyl (C=O) groups is 2. The van der Waals surface area contributed by atoms with Crippen LogP contribution in [0.2, 0.25) is 5.02 Å². The van der Waals surface area contributed by atoms with Gasteiger partial charge >= 0.3 is 0 Å². The number of piperidine rings is 1. The van der Waals surface area contributed by atoms with E-state index in [2.05, 4.69) is 0 Å². The molecule has 2 amide bonds. The molecular weight excluding hydrogens is 380 g/mol. The van der Waals surface area contributed by atoms with Crippen LogP contribution in [0.4, 0.5) is 0 Å². The fraction of sp³-hybridized carbons (Fsp3) is 0.333. The minimum Gasteiger partial charge on any atom is -0.493 e. The van der Waals surface area contributed by atoms with Crippen LogP contribution in [0.25, 0.3) is 0 Å². The third kappa shape index (κ3) is 4.75. The molecule has 1 aliphatic heterocycles. The summed E-state index contributed by atoms with van der Waals surface area (Å²) >= 11 is 5.89. The average Bonchev–Trinajstić information content (AvgIpc) is 2.72. The molecule has 1 unspecified atom stereocenters. The maximum atomic E-state index is 12.8. The van der Waals surface area contributed by atoms with Crippen molar-refractivity contribution in [1.29, 1.82) is 0 Å². The lowest BCUT2D eigenvalue weighted by Crippen LogP contribution is -2.44. The van der Waals surface area contributed by atoms with Gasteiger partial charge in [-0.2, -0.15) is 0 Å². The van der Waals surface area contributed by atoms with Crippen LogP contribution < -0.4 is 15.2 Å². The summed E-state index contributed by atoms with van der Waals surface area (Å²) in [4.78, 5) is 25.9. The van der Waals surface area contributed by atoms with Crippen LogP contribution in [-0.4, -0.2) is 36.9 Å². The minimum atomic E-state index is -0.360. The summed E-state index contributed by atoms with van der Waals surface area (Å²) in [5, 5.41) is 0.667. The van der Waals surface area contributed by atoms with Crippen LogP contribution in [0.1, 0.15) is 28.8 Å². The molecule has 1 atom stereocenters. The number of amides is 2. The molecule has 7 heteroatoms. The number of methoxy groups -OCH3 is 1. The Morgan fingerprint density at radius 2 is 1.93 bits per heavy atom. The lowest BCUT2D eigenvalue weighted by atomic mass is 9.97. The molecule has 0 aromatic heterocycles. The first-order valence-corrected chi connectivity index (χ1v) is 9.49. The van der Waals surface area contributed by atoms with Gasteiger partial charge in [0.2, 0.25) is 5.91 Å². The van der Waals surface area contributed by atoms with E-state index >= 15 is 0 Å². The van der Waals surface area contributed by atoms with Crippen molar-refractivity contribution in [3.63, 3.8) is 0 Å². The first kappa shape index (κ1) is 20.0. The molecular formula is C21H23ClN2O4. The lowest BCUT2D eigenvalue weighted by molar-refractivity contribution is -0.123. The summed E-state index contributed by atoms with van der Waals surface area (Å²) in [5.74, 6) is 0.224. The molecule has 1 fully saturated rings. The molecule has 0 bridgehead atoms. The molecule has 3 rings (SSSR count). The Labute approximate surface area is 169 Å². The number of benzene rings is 2. The predicted octanol–water partition coefficient (Wildman–Crippen LogP) is 3.27. The second-order valence-electron chi connectivity index (χ2n) is 6.77. The molecule has 28 heavy (non-hydrogen) atoms. The minimum absolute atomic E-state index is 0.145. The van der Waals surface area contributed by atoms with Crippen LogP contribution in [0.5, 0.6) is 11.5 Å². The summed E-state index contributed by atoms with van der Waals surface area (Å²) in [6.07, 6.45) is 1.48. The number of nitrogens with two attached hydrogens (primary N) is 1. The van der Waals surface area contributed by atoms with E-state index in [1.807, 2.05) is 12.1 Å². The lowest BCUT2D eigenvalue weighted by Gasteiger charge is -2.31. The number of rotatable bonds is 6. The molecule has 148 valence electrons. The van der Waals surface area contributed by atoms with E-state index in [0.717, 1.165) is 18.4 Å². The zero-order valence-electron chi connectivity index (χ0n) is 15.7. The summed E-state index contributed by atoms with van der Waals surface area (Å²) in [5.41, 5.74) is 6.86. The second-order valence-corrected chi connectivity index (χ2v) is 7.21. The summed E-state index contributed by atoms with van der Waals surface area (Å²) in [6.45, 7) is 1.32. The zero-order valence-corrected chi connectivity index (χ0v) is 16.4. The van der Waals surface area contributed by atoms with Gasteiger partial charge in [-0.15, -0.1) is 0 Å². The van der Waals surface area contributed by atoms with E-state index in [4.69, 9.17) is 26.8 Å². The fourth-order valence-electron chi connectivity index (χ4n) is 3.24. The number of likely N-dealkylation sites (tertiary alicyclic amines) is 1. The van der Waals surface area contributed by atoms with Crippen molar-refractivity contribution in [2.24, 2.45) is 11.7 Å². The first-order valence-electron chi connectivity index (χ1n) is 9.12. The Hall–Kier alpha value is -2.73. The number of nitrogens with zero attached hydrogens (tertiary/aromatic N) is 1. The van der Waals surface area contributed by atoms with Gasteiger partial charge in [-0.05, 0) is 48.7 Å². The standard InChI is InChI=1S/C21H23ClN2O4/c1-27-19-11-15(21(26)24-10-2-3-16(12-24)20(23)25)6-9-18(19)28-13-14-4-7-17(22)8-5-14/h4-9,11,16H,2-3,10,12-13H2,1H3,(H2,23,25). The van der Waals surface area contributed by atoms with E-state index in [1.165, 1.54) is 7.11 Å². The number of primary amides is 1. The molecule has 0 radical (unpaired) electrons. The molecule has 1 saturated heterocycles. The average molecular weight is 403 g/mol. The van der Waals surface area contributed by atoms with E-state index in [0.29, 0.717) is 41.8 Å². The Balaban J connectivity index is 1.70. The summed E-state index contributed by atoms with van der Waals surface area (Å²) in [6, 6.07) is 12.5. The number of ether oxygens (including phenoxy) is 2. The topological polar surface area (TPSA) is 81.9 Å². The van der Waals surface area contributed by atoms with E-state index in [1.54, 1.807) is 35.2 Å². The monoisotopic (exact) mass is 402 g/mol. The van der Waals surface area contributed by atoms with Gasteiger partial charge in [-0.25, -0.2) is 0 Å². The Morgan fingerprint density at radius 3 is 2.61 bits per heavy atom. The molecule has 0 aliphatic carbocycles. The Kier molecular flexibility index (Phi) is 6.41. The number of hydrogen-bond acceptors (Lipinski definition) is 4. The summed E-state index contributed by atoms with van der Waals surface area (Å²) < 4.78 is 11.2. The van der Waals surface area contributed by atoms with E-state index < -0.39 is 0 Å². The molecule has 2 N–H and O–H groups in total. The normalized spacial score (nSPS) is 16.5. The highest BCUT2D eigenvalue weighted by Gasteiger charge is 2.28. The van der Waals surface area contributed by atoms with Gasteiger partial charge < -0.3 is 20.1 Å². The largest absolute Gasteiger partial charge is 0.493 e. The molecule has 1 aliphatic rings. The third-order valence-electron chi connectivity index (χ3n) is 4.83. The van der Waals surface area contributed by atoms with Crippen LogP contribution >= 0.6 is 11.6 Å². The van der Waals surface area contributed by atoms with Crippen LogP contribution in [0.3, 0.4) is 0 Å². The SMILES string of the molecule is COc1cc(C(=O)N2CCCC(C(N)=O)C2)ccc1OCc1ccc(Cl)cc1. The summed E-state index contributed by atoms with van der Waals surface area (Å²) in [7, 11) is 1.53. The van der Waals surface area contributed by atoms with E-state index in [-0.39, 0.29) is 17.7 Å². The van der Waals surface area contributed by atoms with Gasteiger partial charge in [-0.3, -0.25) is 9.59 Å². The quantitative estimate of drug-likeness (QED) is 0.803. The third-order valence-corrected chi connectivity index (χ3v) is 5.08. The number of halogens is 1. The van der Waals surface area contributed by atoms with Gasteiger partial charge in [0.15, 0.2) is 11.5 Å². The van der Waals surface area contributed by atoms with Crippen molar-refractivity contribution < 1.29 is 19.1 Å². The molecule has 6 nitrogen and oxygen atoms in total. The highest BCUT2D eigenvalue weighted by Crippen LogP contribution is 2.30. The molecule has 2 aromatic rings. The van der Waals surface area contributed by atoms with Crippen LogP contribution in [-0.2, 0) is 11.4 Å². The van der Waals surface area contributed by atoms with Crippen molar-refractivity contribution >= 4 is 23.4 Å². The van der Waals surface area contributed by atoms with Crippen molar-refractivity contribution in [3.05, 3.63) is 58.6 Å². The Bertz CT molecular complexity index is 854. The fourth-order valence-corrected chi connectivity index (χ4v) is 3.36. The van der Waals surface area contributed by atoms with Gasteiger partial charge in [-0.1, -0.05) is 23.7 Å². The van der Waals surface area contributed by atoms with Crippen molar-refractivity contribution in [2.75, 3.05) is 20.2 Å². The molecule has 2 aromatic carbocycles. The Morgan fingerprint density at radius 1 is 1.18 bits per heavy atom. The van der Waals surface area contributed by atoms with E-state index in [9.17, 15) is 9.59 Å². The number of carbonyl (C=O) groups excluding carboxylic acids is 2. The van der Waals surface area contributed by atoms with Crippen molar-refractivity contribution in [1.82, 2.24) is 4.90 Å². The van der Waals surface area contributed by atoms with Gasteiger partial charge in [0.1, 0.15) is 6.61 Å². The first-order chi connectivity index (χ1) is 13.5. The highest BCUT2D eigenvalue weighted by atomic mass is 35.5. The van der Waals surface area contributed by atoms with Gasteiger partial charge in [0.25, 0.3) is 5.91 Å². The zero-order chi connectivity index (χ0) is 20.1. The van der Waals surface area contributed by atoms with Crippen molar-refractivity contribution in [3.8, 4) is 11.5 Å². The second kappa shape index (κ2) is 8.97. The molecule has 0 spiro atoms. The predicted molar refractivity (Wildman–Crippen MR) is 107 cm³/mol. The number of hydrogen-bond donors (Lipinski definition) is 1. The molecule has 0 saturated carbocycles. The van der Waals surface area contributed by atoms with Gasteiger partial charge in [0, 0.05) is 23.7 Å². The maximum absolute atomic E-state index is 12.8. The van der Waals surface area contributed by atoms with Crippen LogP contribution in [0, 0.1) is 5.92 Å².